The minimum absolute atomic E-state index is 0.314. The average molecular weight is 280 g/mol. The van der Waals surface area contributed by atoms with Crippen molar-refractivity contribution in [3.8, 4) is 6.07 Å². The van der Waals surface area contributed by atoms with Gasteiger partial charge in [-0.15, -0.1) is 0 Å². The highest BCUT2D eigenvalue weighted by Crippen LogP contribution is 2.20. The molecule has 0 unspecified atom stereocenters. The number of anilines is 2. The van der Waals surface area contributed by atoms with Crippen molar-refractivity contribution in [2.45, 2.75) is 18.9 Å². The van der Waals surface area contributed by atoms with Gasteiger partial charge in [0, 0.05) is 37.7 Å². The Morgan fingerprint density at radius 2 is 1.90 bits per heavy atom. The topological polar surface area (TPSA) is 77.7 Å². The Kier molecular flexibility index (Phi) is 3.92. The second-order valence-corrected chi connectivity index (χ2v) is 4.96. The summed E-state index contributed by atoms with van der Waals surface area (Å²) < 4.78 is 0. The molecule has 6 heteroatoms. The zero-order valence-corrected chi connectivity index (χ0v) is 11.6. The van der Waals surface area contributed by atoms with Crippen LogP contribution in [0.4, 0.5) is 11.6 Å². The van der Waals surface area contributed by atoms with E-state index >= 15 is 0 Å². The molecule has 0 bridgehead atoms. The smallest absolute Gasteiger partial charge is 0.182 e. The molecule has 0 spiro atoms. The fourth-order valence-electron chi connectivity index (χ4n) is 2.51. The fraction of sp³-hybridized carbons (Fsp3) is 0.333. The van der Waals surface area contributed by atoms with Gasteiger partial charge in [0.1, 0.15) is 11.9 Å². The lowest BCUT2D eigenvalue weighted by Gasteiger charge is -2.33. The molecule has 1 aliphatic rings. The molecule has 0 amide bonds. The van der Waals surface area contributed by atoms with Crippen LogP contribution in [-0.2, 0) is 0 Å². The molecule has 0 radical (unpaired) electrons. The Morgan fingerprint density at radius 1 is 1.10 bits per heavy atom. The third kappa shape index (κ3) is 3.08. The predicted octanol–water partition coefficient (Wildman–Crippen LogP) is 1.82. The first-order valence-corrected chi connectivity index (χ1v) is 7.00. The zero-order chi connectivity index (χ0) is 14.5. The highest BCUT2D eigenvalue weighted by molar-refractivity contribution is 5.48. The van der Waals surface area contributed by atoms with Crippen molar-refractivity contribution < 1.29 is 0 Å². The lowest BCUT2D eigenvalue weighted by Crippen LogP contribution is -2.39. The summed E-state index contributed by atoms with van der Waals surface area (Å²) in [5.74, 6) is 1.60. The minimum atomic E-state index is 0.314. The minimum Gasteiger partial charge on any atom is -0.365 e. The molecule has 1 aliphatic heterocycles. The molecule has 3 heterocycles. The van der Waals surface area contributed by atoms with Gasteiger partial charge in [0.2, 0.25) is 0 Å². The van der Waals surface area contributed by atoms with Crippen LogP contribution in [0, 0.1) is 11.3 Å². The molecule has 2 aromatic rings. The van der Waals surface area contributed by atoms with E-state index in [9.17, 15) is 0 Å². The van der Waals surface area contributed by atoms with Crippen molar-refractivity contribution in [2.24, 2.45) is 0 Å². The van der Waals surface area contributed by atoms with Crippen LogP contribution in [0.5, 0.6) is 0 Å². The number of hydrogen-bond donors (Lipinski definition) is 1. The molecule has 3 rings (SSSR count). The molecule has 0 aromatic carbocycles. The van der Waals surface area contributed by atoms with Crippen molar-refractivity contribution in [3.63, 3.8) is 0 Å². The average Bonchev–Trinajstić information content (AvgIpc) is 2.57. The molecule has 1 saturated heterocycles. The number of nitriles is 1. The summed E-state index contributed by atoms with van der Waals surface area (Å²) in [6.45, 7) is 1.88. The second kappa shape index (κ2) is 6.18. The summed E-state index contributed by atoms with van der Waals surface area (Å²) in [6.07, 6.45) is 6.92. The number of nitrogens with zero attached hydrogens (tertiary/aromatic N) is 5. The van der Waals surface area contributed by atoms with Gasteiger partial charge in [-0.3, -0.25) is 0 Å². The molecule has 0 saturated carbocycles. The SMILES string of the molecule is N#Cc1nccnc1NC1CCN(c2ccccn2)CC1. The van der Waals surface area contributed by atoms with Gasteiger partial charge in [0.25, 0.3) is 0 Å². The van der Waals surface area contributed by atoms with Crippen LogP contribution in [0.25, 0.3) is 0 Å². The fourth-order valence-corrected chi connectivity index (χ4v) is 2.51. The monoisotopic (exact) mass is 280 g/mol. The van der Waals surface area contributed by atoms with E-state index in [0.29, 0.717) is 17.6 Å². The Bertz CT molecular complexity index is 628. The van der Waals surface area contributed by atoms with E-state index in [2.05, 4.69) is 31.2 Å². The van der Waals surface area contributed by atoms with Crippen molar-refractivity contribution in [1.29, 1.82) is 5.26 Å². The highest BCUT2D eigenvalue weighted by Gasteiger charge is 2.21. The first-order valence-electron chi connectivity index (χ1n) is 7.00. The van der Waals surface area contributed by atoms with Crippen molar-refractivity contribution >= 4 is 11.6 Å². The van der Waals surface area contributed by atoms with E-state index in [1.54, 1.807) is 6.20 Å². The van der Waals surface area contributed by atoms with Crippen LogP contribution in [0.1, 0.15) is 18.5 Å². The Morgan fingerprint density at radius 3 is 2.62 bits per heavy atom. The van der Waals surface area contributed by atoms with Gasteiger partial charge >= 0.3 is 0 Å². The summed E-state index contributed by atoms with van der Waals surface area (Å²) in [6, 6.07) is 8.34. The molecular formula is C15H16N6. The van der Waals surface area contributed by atoms with Gasteiger partial charge in [-0.2, -0.15) is 5.26 Å². The van der Waals surface area contributed by atoms with Gasteiger partial charge in [-0.25, -0.2) is 15.0 Å². The van der Waals surface area contributed by atoms with E-state index in [1.807, 2.05) is 24.4 Å². The number of pyridine rings is 1. The Balaban J connectivity index is 1.60. The molecule has 0 atom stereocenters. The Labute approximate surface area is 123 Å². The maximum atomic E-state index is 9.03. The van der Waals surface area contributed by atoms with Crippen LogP contribution in [0.3, 0.4) is 0 Å². The van der Waals surface area contributed by atoms with Crippen LogP contribution in [0.15, 0.2) is 36.8 Å². The summed E-state index contributed by atoms with van der Waals surface area (Å²) >= 11 is 0. The molecule has 6 nitrogen and oxygen atoms in total. The van der Waals surface area contributed by atoms with Gasteiger partial charge in [-0.05, 0) is 25.0 Å². The first-order chi connectivity index (χ1) is 10.4. The molecule has 21 heavy (non-hydrogen) atoms. The molecule has 0 aliphatic carbocycles. The van der Waals surface area contributed by atoms with E-state index in [0.717, 1.165) is 31.7 Å². The number of nitrogens with one attached hydrogen (secondary N) is 1. The van der Waals surface area contributed by atoms with E-state index < -0.39 is 0 Å². The third-order valence-electron chi connectivity index (χ3n) is 3.61. The van der Waals surface area contributed by atoms with Crippen LogP contribution in [-0.4, -0.2) is 34.1 Å². The summed E-state index contributed by atoms with van der Waals surface area (Å²) in [4.78, 5) is 14.9. The van der Waals surface area contributed by atoms with Crippen molar-refractivity contribution in [3.05, 3.63) is 42.5 Å². The normalized spacial score (nSPS) is 15.5. The van der Waals surface area contributed by atoms with Gasteiger partial charge in [0.05, 0.1) is 0 Å². The highest BCUT2D eigenvalue weighted by atomic mass is 15.2. The van der Waals surface area contributed by atoms with Crippen LogP contribution < -0.4 is 10.2 Å². The van der Waals surface area contributed by atoms with Gasteiger partial charge in [-0.1, -0.05) is 6.07 Å². The summed E-state index contributed by atoms with van der Waals surface area (Å²) in [5.41, 5.74) is 0.352. The zero-order valence-electron chi connectivity index (χ0n) is 11.6. The summed E-state index contributed by atoms with van der Waals surface area (Å²) in [5, 5.41) is 12.4. The van der Waals surface area contributed by atoms with E-state index in [4.69, 9.17) is 5.26 Å². The lowest BCUT2D eigenvalue weighted by atomic mass is 10.0. The first kappa shape index (κ1) is 13.3. The maximum absolute atomic E-state index is 9.03. The molecule has 1 N–H and O–H groups in total. The summed E-state index contributed by atoms with van der Waals surface area (Å²) in [7, 11) is 0. The standard InChI is InChI=1S/C15H16N6/c16-11-13-15(19-8-7-17-13)20-12-4-9-21(10-5-12)14-3-1-2-6-18-14/h1-3,6-8,12H,4-5,9-10H2,(H,19,20). The van der Waals surface area contributed by atoms with Gasteiger partial charge < -0.3 is 10.2 Å². The largest absolute Gasteiger partial charge is 0.365 e. The molecule has 106 valence electrons. The van der Waals surface area contributed by atoms with E-state index in [1.165, 1.54) is 6.20 Å². The predicted molar refractivity (Wildman–Crippen MR) is 79.8 cm³/mol. The maximum Gasteiger partial charge on any atom is 0.182 e. The number of hydrogen-bond acceptors (Lipinski definition) is 6. The third-order valence-corrected chi connectivity index (χ3v) is 3.61. The second-order valence-electron chi connectivity index (χ2n) is 4.96. The van der Waals surface area contributed by atoms with Crippen molar-refractivity contribution in [1.82, 2.24) is 15.0 Å². The Hall–Kier alpha value is -2.68. The molecular weight excluding hydrogens is 264 g/mol. The van der Waals surface area contributed by atoms with Crippen LogP contribution in [0.2, 0.25) is 0 Å². The van der Waals surface area contributed by atoms with Crippen molar-refractivity contribution in [2.75, 3.05) is 23.3 Å². The van der Waals surface area contributed by atoms with Gasteiger partial charge in [0.15, 0.2) is 11.5 Å². The molecule has 2 aromatic heterocycles. The number of piperidine rings is 1. The van der Waals surface area contributed by atoms with E-state index in [-0.39, 0.29) is 0 Å². The molecule has 1 fully saturated rings. The number of rotatable bonds is 3. The number of aromatic nitrogens is 3. The van der Waals surface area contributed by atoms with Crippen LogP contribution >= 0.6 is 0 Å². The quantitative estimate of drug-likeness (QED) is 0.924. The lowest BCUT2D eigenvalue weighted by molar-refractivity contribution is 0.522.